The van der Waals surface area contributed by atoms with Crippen molar-refractivity contribution in [2.75, 3.05) is 23.7 Å². The first-order chi connectivity index (χ1) is 22.3. The second-order valence-electron chi connectivity index (χ2n) is 13.4. The van der Waals surface area contributed by atoms with E-state index in [-0.39, 0.29) is 47.5 Å². The number of hydrogen-bond donors (Lipinski definition) is 2. The number of carbonyl (C=O) groups excluding carboxylic acids is 4. The molecule has 2 atom stereocenters. The first-order valence-electron chi connectivity index (χ1n) is 16.8. The van der Waals surface area contributed by atoms with E-state index in [0.717, 1.165) is 98.3 Å². The average molecular weight is 623 g/mol. The van der Waals surface area contributed by atoms with Crippen LogP contribution in [0.3, 0.4) is 0 Å². The van der Waals surface area contributed by atoms with Crippen molar-refractivity contribution in [1.29, 1.82) is 0 Å². The molecule has 0 bridgehead atoms. The third-order valence-corrected chi connectivity index (χ3v) is 9.82. The fourth-order valence-corrected chi connectivity index (χ4v) is 6.98. The van der Waals surface area contributed by atoms with Crippen LogP contribution in [0.1, 0.15) is 64.2 Å². The SMILES string of the molecule is Cn1nc(-c2ccc(NC(=O)C[C@@H]3CCCN3C(=O)C3CC3)cc2)cc1-c1ccc(NC(=O)C[C@@H]2CCCN2C(=O)C2CC2)cc1. The highest BCUT2D eigenvalue weighted by Crippen LogP contribution is 2.35. The predicted octanol–water partition coefficient (Wildman–Crippen LogP) is 5.21. The van der Waals surface area contributed by atoms with Crippen molar-refractivity contribution < 1.29 is 19.2 Å². The van der Waals surface area contributed by atoms with Crippen molar-refractivity contribution in [2.24, 2.45) is 18.9 Å². The number of likely N-dealkylation sites (tertiary alicyclic amines) is 2. The topological polar surface area (TPSA) is 117 Å². The quantitative estimate of drug-likeness (QED) is 0.322. The summed E-state index contributed by atoms with van der Waals surface area (Å²) >= 11 is 0. The molecular weight excluding hydrogens is 580 g/mol. The lowest BCUT2D eigenvalue weighted by molar-refractivity contribution is -0.135. The van der Waals surface area contributed by atoms with Crippen LogP contribution in [-0.4, -0.2) is 68.4 Å². The molecule has 240 valence electrons. The van der Waals surface area contributed by atoms with E-state index in [1.807, 2.05) is 76.1 Å². The molecule has 4 fully saturated rings. The molecule has 2 saturated carbocycles. The number of aromatic nitrogens is 2. The molecule has 2 aliphatic heterocycles. The summed E-state index contributed by atoms with van der Waals surface area (Å²) < 4.78 is 1.83. The van der Waals surface area contributed by atoms with E-state index in [2.05, 4.69) is 10.6 Å². The van der Waals surface area contributed by atoms with Crippen LogP contribution < -0.4 is 10.6 Å². The number of nitrogens with one attached hydrogen (secondary N) is 2. The number of aryl methyl sites for hydroxylation is 1. The normalized spacial score (nSPS) is 21.0. The first-order valence-corrected chi connectivity index (χ1v) is 16.8. The number of anilines is 2. The van der Waals surface area contributed by atoms with Crippen molar-refractivity contribution in [3.05, 3.63) is 54.6 Å². The second-order valence-corrected chi connectivity index (χ2v) is 13.4. The minimum atomic E-state index is -0.0720. The van der Waals surface area contributed by atoms with Gasteiger partial charge in [0.05, 0.1) is 11.4 Å². The van der Waals surface area contributed by atoms with Crippen molar-refractivity contribution >= 4 is 35.0 Å². The van der Waals surface area contributed by atoms with Crippen molar-refractivity contribution in [1.82, 2.24) is 19.6 Å². The minimum Gasteiger partial charge on any atom is -0.339 e. The summed E-state index contributed by atoms with van der Waals surface area (Å²) in [7, 11) is 1.90. The fraction of sp³-hybridized carbons (Fsp3) is 0.472. The van der Waals surface area contributed by atoms with E-state index < -0.39 is 0 Å². The van der Waals surface area contributed by atoms with Gasteiger partial charge in [0.2, 0.25) is 23.6 Å². The lowest BCUT2D eigenvalue weighted by Crippen LogP contribution is -2.38. The van der Waals surface area contributed by atoms with Gasteiger partial charge in [-0.2, -0.15) is 5.10 Å². The van der Waals surface area contributed by atoms with Crippen LogP contribution >= 0.6 is 0 Å². The molecule has 4 aliphatic rings. The average Bonchev–Trinajstić information content (AvgIpc) is 3.95. The van der Waals surface area contributed by atoms with Gasteiger partial charge in [0.25, 0.3) is 0 Å². The smallest absolute Gasteiger partial charge is 0.226 e. The molecule has 46 heavy (non-hydrogen) atoms. The molecule has 2 aromatic carbocycles. The van der Waals surface area contributed by atoms with Gasteiger partial charge in [-0.05, 0) is 87.3 Å². The Morgan fingerprint density at radius 3 is 1.59 bits per heavy atom. The number of rotatable bonds is 10. The van der Waals surface area contributed by atoms with Gasteiger partial charge in [0.1, 0.15) is 0 Å². The zero-order chi connectivity index (χ0) is 31.8. The number of benzene rings is 2. The van der Waals surface area contributed by atoms with E-state index in [0.29, 0.717) is 12.8 Å². The molecular formula is C36H42N6O4. The number of hydrogen-bond acceptors (Lipinski definition) is 5. The van der Waals surface area contributed by atoms with Crippen LogP contribution in [0.15, 0.2) is 54.6 Å². The number of carbonyl (C=O) groups is 4. The molecule has 3 aromatic rings. The molecule has 2 N–H and O–H groups in total. The summed E-state index contributed by atoms with van der Waals surface area (Å²) in [6.45, 7) is 1.53. The predicted molar refractivity (Wildman–Crippen MR) is 175 cm³/mol. The molecule has 10 heteroatoms. The van der Waals surface area contributed by atoms with E-state index in [9.17, 15) is 19.2 Å². The van der Waals surface area contributed by atoms with Gasteiger partial charge < -0.3 is 20.4 Å². The molecule has 0 radical (unpaired) electrons. The zero-order valence-corrected chi connectivity index (χ0v) is 26.4. The van der Waals surface area contributed by atoms with E-state index in [1.165, 1.54) is 0 Å². The molecule has 1 aromatic heterocycles. The maximum absolute atomic E-state index is 12.8. The third-order valence-electron chi connectivity index (χ3n) is 9.82. The van der Waals surface area contributed by atoms with Crippen LogP contribution in [0.4, 0.5) is 11.4 Å². The summed E-state index contributed by atoms with van der Waals surface area (Å²) in [6, 6.07) is 17.4. The lowest BCUT2D eigenvalue weighted by atomic mass is 10.1. The molecule has 4 amide bonds. The highest BCUT2D eigenvalue weighted by atomic mass is 16.2. The van der Waals surface area contributed by atoms with Crippen LogP contribution in [-0.2, 0) is 26.2 Å². The van der Waals surface area contributed by atoms with Gasteiger partial charge in [0, 0.05) is 73.8 Å². The maximum Gasteiger partial charge on any atom is 0.226 e. The summed E-state index contributed by atoms with van der Waals surface area (Å²) in [6.07, 6.45) is 8.27. The molecule has 3 heterocycles. The second kappa shape index (κ2) is 12.7. The standard InChI is InChI=1S/C36H42N6O4/c1-40-32(24-12-16-28(17-13-24)38-34(44)21-30-5-3-19-42(30)36(46)26-8-9-26)22-31(39-40)23-10-14-27(15-11-23)37-33(43)20-29-4-2-18-41(29)35(45)25-6-7-25/h10-17,22,25-26,29-30H,2-9,18-21H2,1H3,(H,37,43)(H,38,44)/t29-,30-/m0/s1. The summed E-state index contributed by atoms with van der Waals surface area (Å²) in [5.74, 6) is 0.667. The largest absolute Gasteiger partial charge is 0.339 e. The van der Waals surface area contributed by atoms with E-state index >= 15 is 0 Å². The van der Waals surface area contributed by atoms with Crippen molar-refractivity contribution in [2.45, 2.75) is 76.3 Å². The Morgan fingerprint density at radius 1 is 0.674 bits per heavy atom. The van der Waals surface area contributed by atoms with Crippen molar-refractivity contribution in [3.63, 3.8) is 0 Å². The van der Waals surface area contributed by atoms with Crippen LogP contribution in [0.25, 0.3) is 22.5 Å². The monoisotopic (exact) mass is 622 g/mol. The van der Waals surface area contributed by atoms with Gasteiger partial charge in [-0.3, -0.25) is 23.9 Å². The van der Waals surface area contributed by atoms with Gasteiger partial charge in [-0.25, -0.2) is 0 Å². The van der Waals surface area contributed by atoms with Crippen LogP contribution in [0.2, 0.25) is 0 Å². The first kappa shape index (κ1) is 30.2. The molecule has 2 aliphatic carbocycles. The van der Waals surface area contributed by atoms with E-state index in [1.54, 1.807) is 0 Å². The van der Waals surface area contributed by atoms with Gasteiger partial charge in [-0.15, -0.1) is 0 Å². The summed E-state index contributed by atoms with van der Waals surface area (Å²) in [5.41, 5.74) is 5.10. The van der Waals surface area contributed by atoms with Crippen LogP contribution in [0, 0.1) is 11.8 Å². The Balaban J connectivity index is 0.930. The lowest BCUT2D eigenvalue weighted by Gasteiger charge is -2.24. The van der Waals surface area contributed by atoms with Gasteiger partial charge in [-0.1, -0.05) is 24.3 Å². The van der Waals surface area contributed by atoms with Gasteiger partial charge in [0.15, 0.2) is 0 Å². The third kappa shape index (κ3) is 6.71. The molecule has 0 unspecified atom stereocenters. The fourth-order valence-electron chi connectivity index (χ4n) is 6.98. The highest BCUT2D eigenvalue weighted by molar-refractivity contribution is 5.93. The molecule has 2 saturated heterocycles. The Labute approximate surface area is 269 Å². The molecule has 7 rings (SSSR count). The zero-order valence-electron chi connectivity index (χ0n) is 26.4. The Kier molecular flexibility index (Phi) is 8.36. The Morgan fingerprint density at radius 2 is 1.13 bits per heavy atom. The minimum absolute atomic E-state index is 0.00277. The maximum atomic E-state index is 12.8. The highest BCUT2D eigenvalue weighted by Gasteiger charge is 2.40. The number of nitrogens with zero attached hydrogens (tertiary/aromatic N) is 4. The summed E-state index contributed by atoms with van der Waals surface area (Å²) in [4.78, 5) is 54.6. The molecule has 0 spiro atoms. The van der Waals surface area contributed by atoms with E-state index in [4.69, 9.17) is 5.10 Å². The summed E-state index contributed by atoms with van der Waals surface area (Å²) in [5, 5.41) is 10.7. The Bertz CT molecular complexity index is 1620. The number of amides is 4. The van der Waals surface area contributed by atoms with Crippen molar-refractivity contribution in [3.8, 4) is 22.5 Å². The molecule has 10 nitrogen and oxygen atoms in total. The van der Waals surface area contributed by atoms with Gasteiger partial charge >= 0.3 is 0 Å². The Hall–Kier alpha value is -4.47. The van der Waals surface area contributed by atoms with Crippen LogP contribution in [0.5, 0.6) is 0 Å².